The molecule has 0 fully saturated rings. The number of nitrogens with one attached hydrogen (secondary N) is 3. The molecular weight excluding hydrogens is 538 g/mol. The highest BCUT2D eigenvalue weighted by Crippen LogP contribution is 2.37. The van der Waals surface area contributed by atoms with Crippen molar-refractivity contribution in [3.63, 3.8) is 0 Å². The number of aliphatic hydroxyl groups is 1. The van der Waals surface area contributed by atoms with Crippen molar-refractivity contribution in [3.05, 3.63) is 71.3 Å². The Kier molecular flexibility index (Phi) is 7.62. The van der Waals surface area contributed by atoms with Gasteiger partial charge in [0.1, 0.15) is 16.5 Å². The molecule has 0 bridgehead atoms. The molecule has 1 aromatic carbocycles. The van der Waals surface area contributed by atoms with Gasteiger partial charge in [-0.1, -0.05) is 17.2 Å². The van der Waals surface area contributed by atoms with E-state index in [0.717, 1.165) is 12.1 Å². The maximum Gasteiger partial charge on any atom is 0.313 e. The van der Waals surface area contributed by atoms with E-state index in [4.69, 9.17) is 10.7 Å². The van der Waals surface area contributed by atoms with Crippen molar-refractivity contribution < 1.29 is 41.5 Å². The molecule has 4 rings (SSSR count). The summed E-state index contributed by atoms with van der Waals surface area (Å²) in [6, 6.07) is 4.19. The lowest BCUT2D eigenvalue weighted by molar-refractivity contribution is -0.431. The van der Waals surface area contributed by atoms with Crippen LogP contribution in [0.25, 0.3) is 0 Å². The fourth-order valence-corrected chi connectivity index (χ4v) is 4.71. The monoisotopic (exact) mass is 554 g/mol. The van der Waals surface area contributed by atoms with Gasteiger partial charge in [0, 0.05) is 22.6 Å². The van der Waals surface area contributed by atoms with Crippen LogP contribution in [0.15, 0.2) is 69.2 Å². The van der Waals surface area contributed by atoms with E-state index < -0.39 is 38.9 Å². The van der Waals surface area contributed by atoms with Crippen LogP contribution in [0.3, 0.4) is 0 Å². The first-order chi connectivity index (χ1) is 17.5. The van der Waals surface area contributed by atoms with Crippen LogP contribution in [0.2, 0.25) is 0 Å². The molecule has 0 amide bonds. The minimum absolute atomic E-state index is 0.0282. The van der Waals surface area contributed by atoms with E-state index in [0.29, 0.717) is 16.9 Å². The maximum absolute atomic E-state index is 13.4. The summed E-state index contributed by atoms with van der Waals surface area (Å²) in [6.07, 6.45) is 4.68. The summed E-state index contributed by atoms with van der Waals surface area (Å²) in [5.74, 6) is -2.92. The van der Waals surface area contributed by atoms with Gasteiger partial charge in [-0.3, -0.25) is 15.4 Å². The van der Waals surface area contributed by atoms with Crippen molar-refractivity contribution in [2.45, 2.75) is 4.90 Å². The van der Waals surface area contributed by atoms with Gasteiger partial charge in [-0.2, -0.15) is 32.3 Å². The number of aliphatic hydroxyl groups excluding tert-OH is 1. The number of halogens is 2. The zero-order chi connectivity index (χ0) is 26.7. The van der Waals surface area contributed by atoms with Crippen LogP contribution in [-0.2, 0) is 19.5 Å². The molecule has 2 aliphatic carbocycles. The van der Waals surface area contributed by atoms with Crippen LogP contribution >= 0.6 is 12.0 Å². The van der Waals surface area contributed by atoms with Crippen molar-refractivity contribution in [2.75, 3.05) is 10.7 Å². The summed E-state index contributed by atoms with van der Waals surface area (Å²) >= 11 is 0.630. The topological polar surface area (TPSA) is 199 Å². The van der Waals surface area contributed by atoms with Gasteiger partial charge in [-0.05, 0) is 30.4 Å². The summed E-state index contributed by atoms with van der Waals surface area (Å²) in [5, 5.41) is 37.4. The van der Waals surface area contributed by atoms with Gasteiger partial charge in [0.05, 0.1) is 35.1 Å². The minimum Gasteiger partial charge on any atom is -0.512 e. The second kappa shape index (κ2) is 10.7. The third-order valence-electron chi connectivity index (χ3n) is 5.06. The van der Waals surface area contributed by atoms with Crippen molar-refractivity contribution >= 4 is 50.8 Å². The highest BCUT2D eigenvalue weighted by Gasteiger charge is 2.35. The molecule has 2 unspecified atom stereocenters. The number of benzene rings is 1. The third kappa shape index (κ3) is 6.16. The van der Waals surface area contributed by atoms with Gasteiger partial charge in [-0.25, -0.2) is 5.26 Å². The SMILES string of the molecule is N=C1C=CC2C=C(SOOO)C=C(O)C2C1=NNc1cc(Nc2cc(F)nc(F)n2)ccc1S(=O)(=O)O. The first-order valence-corrected chi connectivity index (χ1v) is 12.2. The Morgan fingerprint density at radius 3 is 2.70 bits per heavy atom. The van der Waals surface area contributed by atoms with Gasteiger partial charge >= 0.3 is 6.08 Å². The van der Waals surface area contributed by atoms with Crippen LogP contribution in [-0.4, -0.2) is 44.7 Å². The molecule has 2 atom stereocenters. The van der Waals surface area contributed by atoms with Gasteiger partial charge in [0.25, 0.3) is 10.1 Å². The largest absolute Gasteiger partial charge is 0.512 e. The highest BCUT2D eigenvalue weighted by atomic mass is 32.2. The first-order valence-electron chi connectivity index (χ1n) is 10.0. The van der Waals surface area contributed by atoms with Crippen molar-refractivity contribution in [2.24, 2.45) is 16.9 Å². The summed E-state index contributed by atoms with van der Waals surface area (Å²) in [5.41, 5.74) is 2.27. The Morgan fingerprint density at radius 2 is 2.00 bits per heavy atom. The van der Waals surface area contributed by atoms with Crippen molar-refractivity contribution in [1.82, 2.24) is 9.97 Å². The van der Waals surface area contributed by atoms with Gasteiger partial charge in [0.15, 0.2) is 0 Å². The molecular formula is C20H16F2N6O7S2. The van der Waals surface area contributed by atoms with Crippen LogP contribution in [0.1, 0.15) is 0 Å². The number of rotatable bonds is 8. The van der Waals surface area contributed by atoms with Gasteiger partial charge in [0.2, 0.25) is 5.95 Å². The molecule has 0 radical (unpaired) electrons. The summed E-state index contributed by atoms with van der Waals surface area (Å²) in [6.45, 7) is 0. The lowest BCUT2D eigenvalue weighted by atomic mass is 9.78. The van der Waals surface area contributed by atoms with Gasteiger partial charge < -0.3 is 10.4 Å². The first kappa shape index (κ1) is 26.3. The Bertz CT molecular complexity index is 1460. The molecule has 2 aromatic rings. The fourth-order valence-electron chi connectivity index (χ4n) is 3.59. The lowest BCUT2D eigenvalue weighted by Crippen LogP contribution is -2.34. The predicted molar refractivity (Wildman–Crippen MR) is 128 cm³/mol. The molecule has 0 saturated heterocycles. The van der Waals surface area contributed by atoms with Crippen molar-refractivity contribution in [1.29, 1.82) is 5.41 Å². The standard InChI is InChI=1S/C20H16F2N6O7S2/c21-16-8-17(26-20(22)25-16)24-10-2-4-15(37(31,32)33)13(6-10)27-28-19-12(23)3-1-9-5-11(36-35-34-30)7-14(29)18(9)19/h1-9,18,23,27,29-30H,(H,24,25,26)(H,31,32,33). The van der Waals surface area contributed by atoms with Crippen molar-refractivity contribution in [3.8, 4) is 0 Å². The normalized spacial score (nSPS) is 20.3. The molecule has 0 aliphatic heterocycles. The lowest BCUT2D eigenvalue weighted by Gasteiger charge is -2.30. The smallest absolute Gasteiger partial charge is 0.313 e. The Morgan fingerprint density at radius 1 is 1.22 bits per heavy atom. The second-order valence-corrected chi connectivity index (χ2v) is 9.62. The molecule has 37 heavy (non-hydrogen) atoms. The summed E-state index contributed by atoms with van der Waals surface area (Å²) in [4.78, 5) is 6.07. The van der Waals surface area contributed by atoms with Crippen LogP contribution in [0.5, 0.6) is 0 Å². The molecule has 6 N–H and O–H groups in total. The van der Waals surface area contributed by atoms with E-state index in [-0.39, 0.29) is 34.4 Å². The number of fused-ring (bicyclic) bond motifs is 1. The maximum atomic E-state index is 13.4. The molecule has 1 heterocycles. The summed E-state index contributed by atoms with van der Waals surface area (Å²) < 4.78 is 64.5. The highest BCUT2D eigenvalue weighted by molar-refractivity contribution is 7.98. The minimum atomic E-state index is -4.75. The predicted octanol–water partition coefficient (Wildman–Crippen LogP) is 3.74. The van der Waals surface area contributed by atoms with E-state index in [9.17, 15) is 26.9 Å². The van der Waals surface area contributed by atoms with Crippen LogP contribution in [0.4, 0.5) is 26.0 Å². The Balaban J connectivity index is 1.66. The van der Waals surface area contributed by atoms with Gasteiger partial charge in [-0.15, -0.1) is 4.33 Å². The number of anilines is 3. The molecule has 17 heteroatoms. The molecule has 1 aromatic heterocycles. The third-order valence-corrected chi connectivity index (χ3v) is 6.55. The molecule has 0 saturated carbocycles. The summed E-state index contributed by atoms with van der Waals surface area (Å²) in [7, 11) is -4.75. The average molecular weight is 555 g/mol. The van der Waals surface area contributed by atoms with Crippen LogP contribution in [0, 0.1) is 29.3 Å². The average Bonchev–Trinajstić information content (AvgIpc) is 2.81. The van der Waals surface area contributed by atoms with Crippen LogP contribution < -0.4 is 10.7 Å². The van der Waals surface area contributed by atoms with E-state index in [1.807, 2.05) is 0 Å². The number of hydrogen-bond acceptors (Lipinski definition) is 13. The quantitative estimate of drug-likeness (QED) is 0.0691. The number of hydrogen-bond donors (Lipinski definition) is 6. The van der Waals surface area contributed by atoms with E-state index in [1.165, 1.54) is 24.3 Å². The number of hydrazone groups is 1. The van der Waals surface area contributed by atoms with E-state index in [1.54, 1.807) is 12.2 Å². The zero-order valence-electron chi connectivity index (χ0n) is 18.2. The number of allylic oxidation sites excluding steroid dienone is 5. The second-order valence-electron chi connectivity index (χ2n) is 7.46. The fraction of sp³-hybridized carbons (Fsp3) is 0.100. The van der Waals surface area contributed by atoms with E-state index >= 15 is 0 Å². The Labute approximate surface area is 211 Å². The van der Waals surface area contributed by atoms with E-state index in [2.05, 4.69) is 35.2 Å². The molecule has 194 valence electrons. The zero-order valence-corrected chi connectivity index (χ0v) is 19.8. The number of nitrogens with zero attached hydrogens (tertiary/aromatic N) is 3. The molecule has 0 spiro atoms. The molecule has 13 nitrogen and oxygen atoms in total. The number of aromatic nitrogens is 2. The Hall–Kier alpha value is -3.74. The molecule has 2 aliphatic rings.